The van der Waals surface area contributed by atoms with Crippen LogP contribution in [0.4, 0.5) is 0 Å². The van der Waals surface area contributed by atoms with Gasteiger partial charge in [0.2, 0.25) is 0 Å². The van der Waals surface area contributed by atoms with Gasteiger partial charge in [0.15, 0.2) is 0 Å². The Kier molecular flexibility index (Phi) is 6.16. The molecule has 0 atom stereocenters. The molecule has 5 rings (SSSR count). The van der Waals surface area contributed by atoms with Crippen LogP contribution in [0.5, 0.6) is 5.75 Å². The predicted octanol–water partition coefficient (Wildman–Crippen LogP) is 5.43. The van der Waals surface area contributed by atoms with Gasteiger partial charge in [0.25, 0.3) is 0 Å². The molecule has 0 bridgehead atoms. The maximum Gasteiger partial charge on any atom is 0.137 e. The van der Waals surface area contributed by atoms with Crippen molar-refractivity contribution in [3.05, 3.63) is 72.6 Å². The summed E-state index contributed by atoms with van der Waals surface area (Å²) in [5.74, 6) is 0.893. The van der Waals surface area contributed by atoms with Gasteiger partial charge in [-0.25, -0.2) is 4.98 Å². The molecule has 0 unspecified atom stereocenters. The summed E-state index contributed by atoms with van der Waals surface area (Å²) >= 11 is 0. The van der Waals surface area contributed by atoms with Crippen LogP contribution in [0, 0.1) is 0 Å². The van der Waals surface area contributed by atoms with Gasteiger partial charge in [-0.3, -0.25) is 4.90 Å². The first-order valence-electron chi connectivity index (χ1n) is 11.8. The Labute approximate surface area is 196 Å². The summed E-state index contributed by atoms with van der Waals surface area (Å²) < 4.78 is 5.79. The summed E-state index contributed by atoms with van der Waals surface area (Å²) in [6.45, 7) is 9.68. The first kappa shape index (κ1) is 21.7. The van der Waals surface area contributed by atoms with Gasteiger partial charge in [0.05, 0.1) is 6.10 Å². The minimum absolute atomic E-state index is 0.170. The molecule has 0 aliphatic carbocycles. The Bertz CT molecular complexity index is 1200. The largest absolute Gasteiger partial charge is 0.491 e. The van der Waals surface area contributed by atoms with Gasteiger partial charge < -0.3 is 14.6 Å². The average molecular weight is 441 g/mol. The number of H-pyrrole nitrogens is 1. The lowest BCUT2D eigenvalue weighted by atomic mass is 10.0. The third-order valence-electron chi connectivity index (χ3n) is 6.36. The minimum atomic E-state index is 0.170. The molecular weight excluding hydrogens is 408 g/mol. The zero-order chi connectivity index (χ0) is 22.8. The number of pyridine rings is 1. The van der Waals surface area contributed by atoms with Gasteiger partial charge in [-0.2, -0.15) is 0 Å². The summed E-state index contributed by atoms with van der Waals surface area (Å²) in [7, 11) is 2.20. The van der Waals surface area contributed by atoms with Crippen LogP contribution in [0.25, 0.3) is 33.3 Å². The van der Waals surface area contributed by atoms with E-state index in [1.54, 1.807) is 0 Å². The molecular formula is C28H32N4O. The first-order valence-corrected chi connectivity index (χ1v) is 11.8. The molecule has 5 nitrogen and oxygen atoms in total. The van der Waals surface area contributed by atoms with E-state index in [2.05, 4.69) is 64.3 Å². The number of piperazine rings is 1. The van der Waals surface area contributed by atoms with Gasteiger partial charge in [-0.15, -0.1) is 0 Å². The van der Waals surface area contributed by atoms with Crippen LogP contribution in [0.1, 0.15) is 19.4 Å². The standard InChI is InChI=1S/C28H32N4O/c1-20(2)33-25-10-8-23(9-11-25)27-18-30-28-26(27)16-24(17-29-28)22-6-4-21(5-7-22)19-32-14-12-31(3)13-15-32/h4-11,16-18,20H,12-15,19H2,1-3H3,(H,29,30). The molecule has 1 N–H and O–H groups in total. The van der Waals surface area contributed by atoms with Gasteiger partial charge >= 0.3 is 0 Å². The van der Waals surface area contributed by atoms with Crippen molar-refractivity contribution in [3.63, 3.8) is 0 Å². The van der Waals surface area contributed by atoms with Crippen LogP contribution in [0.2, 0.25) is 0 Å². The maximum absolute atomic E-state index is 5.79. The van der Waals surface area contributed by atoms with Crippen LogP contribution in [0.15, 0.2) is 67.0 Å². The fraction of sp³-hybridized carbons (Fsp3) is 0.321. The van der Waals surface area contributed by atoms with Crippen LogP contribution in [-0.4, -0.2) is 59.1 Å². The number of fused-ring (bicyclic) bond motifs is 1. The summed E-state index contributed by atoms with van der Waals surface area (Å²) in [6.07, 6.45) is 4.17. The molecule has 33 heavy (non-hydrogen) atoms. The number of aromatic nitrogens is 2. The Morgan fingerprint density at radius 2 is 1.61 bits per heavy atom. The molecule has 170 valence electrons. The Hall–Kier alpha value is -3.15. The topological polar surface area (TPSA) is 44.4 Å². The smallest absolute Gasteiger partial charge is 0.137 e. The highest BCUT2D eigenvalue weighted by molar-refractivity contribution is 5.95. The summed E-state index contributed by atoms with van der Waals surface area (Å²) in [5.41, 5.74) is 6.90. The van der Waals surface area contributed by atoms with Gasteiger partial charge in [0, 0.05) is 61.6 Å². The number of benzene rings is 2. The van der Waals surface area contributed by atoms with E-state index in [0.29, 0.717) is 0 Å². The first-order chi connectivity index (χ1) is 16.0. The van der Waals surface area contributed by atoms with Gasteiger partial charge in [-0.1, -0.05) is 36.4 Å². The zero-order valence-electron chi connectivity index (χ0n) is 19.7. The third kappa shape index (κ3) is 4.95. The zero-order valence-corrected chi connectivity index (χ0v) is 19.7. The minimum Gasteiger partial charge on any atom is -0.491 e. The molecule has 4 aromatic rings. The van der Waals surface area contributed by atoms with Gasteiger partial charge in [0.1, 0.15) is 11.4 Å². The van der Waals surface area contributed by atoms with Crippen LogP contribution < -0.4 is 4.74 Å². The van der Waals surface area contributed by atoms with E-state index in [4.69, 9.17) is 9.72 Å². The molecule has 1 saturated heterocycles. The van der Waals surface area contributed by atoms with Gasteiger partial charge in [-0.05, 0) is 55.8 Å². The Morgan fingerprint density at radius 3 is 2.30 bits per heavy atom. The molecule has 1 fully saturated rings. The highest BCUT2D eigenvalue weighted by Gasteiger charge is 2.14. The molecule has 0 spiro atoms. The second-order valence-corrected chi connectivity index (χ2v) is 9.29. The van der Waals surface area contributed by atoms with E-state index in [0.717, 1.165) is 66.2 Å². The average Bonchev–Trinajstić information content (AvgIpc) is 3.24. The highest BCUT2D eigenvalue weighted by atomic mass is 16.5. The molecule has 1 aliphatic rings. The number of rotatable bonds is 6. The Balaban J connectivity index is 1.36. The van der Waals surface area contributed by atoms with Crippen LogP contribution in [0.3, 0.4) is 0 Å². The predicted molar refractivity (Wildman–Crippen MR) is 136 cm³/mol. The molecule has 0 radical (unpaired) electrons. The van der Waals surface area contributed by atoms with E-state index in [-0.39, 0.29) is 6.10 Å². The molecule has 2 aromatic carbocycles. The van der Waals surface area contributed by atoms with Crippen molar-refractivity contribution in [2.45, 2.75) is 26.5 Å². The lowest BCUT2D eigenvalue weighted by Crippen LogP contribution is -2.43. The van der Waals surface area contributed by atoms with Crippen molar-refractivity contribution in [2.75, 3.05) is 33.2 Å². The fourth-order valence-electron chi connectivity index (χ4n) is 4.45. The lowest BCUT2D eigenvalue weighted by molar-refractivity contribution is 0.148. The fourth-order valence-corrected chi connectivity index (χ4v) is 4.45. The van der Waals surface area contributed by atoms with E-state index in [9.17, 15) is 0 Å². The van der Waals surface area contributed by atoms with E-state index in [1.165, 1.54) is 11.1 Å². The number of ether oxygens (including phenoxy) is 1. The number of nitrogens with zero attached hydrogens (tertiary/aromatic N) is 3. The van der Waals surface area contributed by atoms with E-state index < -0.39 is 0 Å². The van der Waals surface area contributed by atoms with Crippen molar-refractivity contribution >= 4 is 11.0 Å². The maximum atomic E-state index is 5.79. The monoisotopic (exact) mass is 440 g/mol. The Morgan fingerprint density at radius 1 is 0.909 bits per heavy atom. The molecule has 0 amide bonds. The molecule has 5 heteroatoms. The normalized spacial score (nSPS) is 15.4. The van der Waals surface area contributed by atoms with Crippen LogP contribution in [-0.2, 0) is 6.54 Å². The van der Waals surface area contributed by atoms with Crippen molar-refractivity contribution in [1.29, 1.82) is 0 Å². The van der Waals surface area contributed by atoms with E-state index in [1.807, 2.05) is 38.4 Å². The SMILES string of the molecule is CC(C)Oc1ccc(-c2c[nH]c3ncc(-c4ccc(CN5CCN(C)CC5)cc4)cc23)cc1. The lowest BCUT2D eigenvalue weighted by Gasteiger charge is -2.32. The quantitative estimate of drug-likeness (QED) is 0.434. The van der Waals surface area contributed by atoms with Crippen molar-refractivity contribution in [3.8, 4) is 28.0 Å². The van der Waals surface area contributed by atoms with Crippen molar-refractivity contribution in [2.24, 2.45) is 0 Å². The van der Waals surface area contributed by atoms with Crippen molar-refractivity contribution < 1.29 is 4.74 Å². The number of hydrogen-bond acceptors (Lipinski definition) is 4. The number of likely N-dealkylation sites (N-methyl/N-ethyl adjacent to an activating group) is 1. The summed E-state index contributed by atoms with van der Waals surface area (Å²) in [6, 6.07) is 19.5. The number of aromatic amines is 1. The molecule has 1 aliphatic heterocycles. The van der Waals surface area contributed by atoms with E-state index >= 15 is 0 Å². The van der Waals surface area contributed by atoms with Crippen LogP contribution >= 0.6 is 0 Å². The molecule has 3 heterocycles. The number of nitrogens with one attached hydrogen (secondary N) is 1. The molecule has 2 aromatic heterocycles. The third-order valence-corrected chi connectivity index (χ3v) is 6.36. The van der Waals surface area contributed by atoms with Crippen molar-refractivity contribution in [1.82, 2.24) is 19.8 Å². The highest BCUT2D eigenvalue weighted by Crippen LogP contribution is 2.32. The number of hydrogen-bond donors (Lipinski definition) is 1. The second-order valence-electron chi connectivity index (χ2n) is 9.29. The summed E-state index contributed by atoms with van der Waals surface area (Å²) in [4.78, 5) is 12.9. The molecule has 0 saturated carbocycles. The summed E-state index contributed by atoms with van der Waals surface area (Å²) in [5, 5.41) is 1.13. The second kappa shape index (κ2) is 9.38.